The zero-order chi connectivity index (χ0) is 29.1. The number of hydrogen-bond donors (Lipinski definition) is 0. The minimum Gasteiger partial charge on any atom is -0.454 e. The van der Waals surface area contributed by atoms with Gasteiger partial charge in [0.2, 0.25) is 0 Å². The van der Waals surface area contributed by atoms with E-state index in [1.54, 1.807) is 0 Å². The Morgan fingerprint density at radius 3 is 1.77 bits per heavy atom. The molecule has 0 aliphatic carbocycles. The highest BCUT2D eigenvalue weighted by atomic mass is 16.3. The maximum Gasteiger partial charge on any atom is 0.159 e. The number of nitrogens with zero attached hydrogens (tertiary/aromatic N) is 3. The van der Waals surface area contributed by atoms with Gasteiger partial charge in [0.05, 0.1) is 39.4 Å². The van der Waals surface area contributed by atoms with Crippen LogP contribution in [-0.4, -0.2) is 9.13 Å². The first-order valence-electron chi connectivity index (χ1n) is 14.7. The van der Waals surface area contributed by atoms with Gasteiger partial charge in [-0.3, -0.25) is 0 Å². The van der Waals surface area contributed by atoms with Crippen molar-refractivity contribution in [3.05, 3.63) is 133 Å². The van der Waals surface area contributed by atoms with Crippen molar-refractivity contribution in [3.63, 3.8) is 0 Å². The molecule has 9 aromatic rings. The van der Waals surface area contributed by atoms with E-state index in [-0.39, 0.29) is 0 Å². The molecule has 0 atom stereocenters. The molecule has 0 aliphatic rings. The summed E-state index contributed by atoms with van der Waals surface area (Å²) in [6.07, 6.45) is 0. The van der Waals surface area contributed by atoms with Gasteiger partial charge in [-0.15, -0.1) is 0 Å². The lowest BCUT2D eigenvalue weighted by Gasteiger charge is -2.08. The molecule has 204 valence electrons. The van der Waals surface area contributed by atoms with E-state index in [1.807, 2.05) is 38.1 Å². The molecule has 9 rings (SSSR count). The molecule has 0 aliphatic heterocycles. The van der Waals surface area contributed by atoms with Crippen molar-refractivity contribution in [1.29, 1.82) is 5.26 Å². The molecule has 0 bridgehead atoms. The Kier molecular flexibility index (Phi) is 5.60. The fourth-order valence-electron chi connectivity index (χ4n) is 6.59. The van der Waals surface area contributed by atoms with E-state index in [9.17, 15) is 5.26 Å². The van der Waals surface area contributed by atoms with Crippen molar-refractivity contribution in [1.82, 2.24) is 9.13 Å². The van der Waals surface area contributed by atoms with Gasteiger partial charge in [-0.05, 0) is 60.7 Å². The largest absolute Gasteiger partial charge is 0.454 e. The Bertz CT molecular complexity index is 2500. The zero-order valence-electron chi connectivity index (χ0n) is 23.9. The average Bonchev–Trinajstić information content (AvgIpc) is 3.73. The van der Waals surface area contributed by atoms with Crippen molar-refractivity contribution < 1.29 is 4.42 Å². The first kappa shape index (κ1) is 25.0. The molecule has 0 fully saturated rings. The van der Waals surface area contributed by atoms with E-state index in [0.717, 1.165) is 55.1 Å². The van der Waals surface area contributed by atoms with Gasteiger partial charge in [-0.2, -0.15) is 5.26 Å². The predicted octanol–water partition coefficient (Wildman–Crippen LogP) is 10.7. The van der Waals surface area contributed by atoms with Gasteiger partial charge in [0.1, 0.15) is 5.58 Å². The van der Waals surface area contributed by atoms with Crippen molar-refractivity contribution in [3.8, 4) is 17.4 Å². The third-order valence-corrected chi connectivity index (χ3v) is 8.34. The number of aromatic nitrogens is 2. The van der Waals surface area contributed by atoms with Crippen molar-refractivity contribution in [2.75, 3.05) is 0 Å². The molecule has 0 saturated heterocycles. The van der Waals surface area contributed by atoms with Crippen molar-refractivity contribution in [2.24, 2.45) is 0 Å². The number of fused-ring (bicyclic) bond motifs is 9. The van der Waals surface area contributed by atoms with Crippen LogP contribution in [0.4, 0.5) is 0 Å². The Morgan fingerprint density at radius 1 is 0.512 bits per heavy atom. The van der Waals surface area contributed by atoms with Crippen molar-refractivity contribution >= 4 is 65.6 Å². The van der Waals surface area contributed by atoms with Crippen molar-refractivity contribution in [2.45, 2.75) is 13.8 Å². The highest BCUT2D eigenvalue weighted by Gasteiger charge is 2.19. The smallest absolute Gasteiger partial charge is 0.159 e. The Hall–Kier alpha value is -5.79. The van der Waals surface area contributed by atoms with E-state index in [2.05, 4.69) is 118 Å². The average molecular weight is 554 g/mol. The van der Waals surface area contributed by atoms with Gasteiger partial charge < -0.3 is 13.6 Å². The number of nitriles is 1. The van der Waals surface area contributed by atoms with Crippen LogP contribution in [0.1, 0.15) is 19.4 Å². The molecule has 4 heteroatoms. The Balaban J connectivity index is 0.00000136. The number of para-hydroxylation sites is 4. The minimum absolute atomic E-state index is 0.653. The van der Waals surface area contributed by atoms with Gasteiger partial charge in [-0.25, -0.2) is 0 Å². The summed E-state index contributed by atoms with van der Waals surface area (Å²) in [5.41, 5.74) is 8.92. The first-order valence-corrected chi connectivity index (χ1v) is 14.7. The molecule has 4 nitrogen and oxygen atoms in total. The maximum absolute atomic E-state index is 9.55. The van der Waals surface area contributed by atoms with E-state index >= 15 is 0 Å². The monoisotopic (exact) mass is 553 g/mol. The second kappa shape index (κ2) is 9.65. The van der Waals surface area contributed by atoms with E-state index in [0.29, 0.717) is 5.56 Å². The van der Waals surface area contributed by atoms with Crippen LogP contribution in [-0.2, 0) is 0 Å². The van der Waals surface area contributed by atoms with E-state index in [1.165, 1.54) is 21.8 Å². The molecular weight excluding hydrogens is 526 g/mol. The SMILES string of the molecule is CC.N#Cc1ccc2c(c1)c1ccccc1n2-c1cccc2c1oc1ccc(-n3c4ccccc4c4ccccc43)cc12. The lowest BCUT2D eigenvalue weighted by molar-refractivity contribution is 0.666. The van der Waals surface area contributed by atoms with E-state index in [4.69, 9.17) is 4.42 Å². The Labute approximate surface area is 248 Å². The molecule has 0 spiro atoms. The van der Waals surface area contributed by atoms with Gasteiger partial charge in [0.25, 0.3) is 0 Å². The van der Waals surface area contributed by atoms with E-state index < -0.39 is 0 Å². The summed E-state index contributed by atoms with van der Waals surface area (Å²) < 4.78 is 11.2. The zero-order valence-corrected chi connectivity index (χ0v) is 23.9. The molecule has 0 radical (unpaired) electrons. The summed E-state index contributed by atoms with van der Waals surface area (Å²) in [5.74, 6) is 0. The summed E-state index contributed by atoms with van der Waals surface area (Å²) >= 11 is 0. The maximum atomic E-state index is 9.55. The van der Waals surface area contributed by atoms with Crippen LogP contribution in [0.2, 0.25) is 0 Å². The van der Waals surface area contributed by atoms with Crippen LogP contribution in [0.5, 0.6) is 0 Å². The molecule has 3 heterocycles. The van der Waals surface area contributed by atoms with Crippen LogP contribution in [0, 0.1) is 11.3 Å². The molecule has 0 N–H and O–H groups in total. The number of rotatable bonds is 2. The summed E-state index contributed by atoms with van der Waals surface area (Å²) in [6.45, 7) is 4.00. The fourth-order valence-corrected chi connectivity index (χ4v) is 6.59. The van der Waals surface area contributed by atoms with Crippen LogP contribution >= 0.6 is 0 Å². The molecule has 0 unspecified atom stereocenters. The van der Waals surface area contributed by atoms with Gasteiger partial charge in [0.15, 0.2) is 5.58 Å². The quantitative estimate of drug-likeness (QED) is 0.214. The summed E-state index contributed by atoms with van der Waals surface area (Å²) in [7, 11) is 0. The summed E-state index contributed by atoms with van der Waals surface area (Å²) in [4.78, 5) is 0. The highest BCUT2D eigenvalue weighted by Crippen LogP contribution is 2.39. The lowest BCUT2D eigenvalue weighted by Crippen LogP contribution is -1.94. The summed E-state index contributed by atoms with van der Waals surface area (Å²) in [5, 5.41) is 16.4. The van der Waals surface area contributed by atoms with Crippen LogP contribution in [0.3, 0.4) is 0 Å². The van der Waals surface area contributed by atoms with Crippen LogP contribution in [0.15, 0.2) is 132 Å². The third kappa shape index (κ3) is 3.55. The number of hydrogen-bond acceptors (Lipinski definition) is 2. The summed E-state index contributed by atoms with van der Waals surface area (Å²) in [6, 6.07) is 46.5. The number of benzene rings is 6. The molecule has 43 heavy (non-hydrogen) atoms. The minimum atomic E-state index is 0.653. The Morgan fingerprint density at radius 2 is 1.09 bits per heavy atom. The van der Waals surface area contributed by atoms with Gasteiger partial charge in [-0.1, -0.05) is 80.6 Å². The molecular formula is C39H27N3O. The lowest BCUT2D eigenvalue weighted by atomic mass is 10.1. The standard InChI is InChI=1S/C37H21N3O.C2H6/c38-22-23-16-18-34-29(20-23)27-10-3-6-14-33(27)40(34)35-15-7-11-28-30-21-24(17-19-36(30)41-37(28)35)39-31-12-4-1-8-25(31)26-9-2-5-13-32(26)39;1-2/h1-21H;1-2H3. The van der Waals surface area contributed by atoms with Crippen LogP contribution in [0.25, 0.3) is 76.9 Å². The molecule has 0 amide bonds. The van der Waals surface area contributed by atoms with Gasteiger partial charge in [0, 0.05) is 38.0 Å². The molecule has 0 saturated carbocycles. The fraction of sp³-hybridized carbons (Fsp3) is 0.0513. The molecule has 3 aromatic heterocycles. The van der Waals surface area contributed by atoms with Crippen LogP contribution < -0.4 is 0 Å². The third-order valence-electron chi connectivity index (χ3n) is 8.34. The normalized spacial score (nSPS) is 11.5. The molecule has 6 aromatic carbocycles. The highest BCUT2D eigenvalue weighted by molar-refractivity contribution is 6.14. The van der Waals surface area contributed by atoms with Gasteiger partial charge >= 0.3 is 0 Å². The topological polar surface area (TPSA) is 46.8 Å². The predicted molar refractivity (Wildman–Crippen MR) is 178 cm³/mol. The number of furan rings is 1. The second-order valence-corrected chi connectivity index (χ2v) is 10.5. The second-order valence-electron chi connectivity index (χ2n) is 10.5. The first-order chi connectivity index (χ1) is 21.3.